The minimum atomic E-state index is -1.20. The molecule has 1 aromatic heterocycles. The highest BCUT2D eigenvalue weighted by Gasteiger charge is 2.10. The van der Waals surface area contributed by atoms with Gasteiger partial charge < -0.3 is 14.3 Å². The molecule has 0 saturated carbocycles. The number of carbonyl (C=O) groups is 1. The molecule has 0 aliphatic rings. The first-order valence-corrected chi connectivity index (χ1v) is 4.71. The molecule has 2 aromatic rings. The number of halogens is 1. The summed E-state index contributed by atoms with van der Waals surface area (Å²) in [5.41, 5.74) is 0. The maximum absolute atomic E-state index is 12.8. The summed E-state index contributed by atoms with van der Waals surface area (Å²) in [6.45, 7) is -0.0588. The van der Waals surface area contributed by atoms with Gasteiger partial charge in [-0.15, -0.1) is 0 Å². The summed E-state index contributed by atoms with van der Waals surface area (Å²) in [7, 11) is 0. The van der Waals surface area contributed by atoms with Crippen molar-refractivity contribution in [3.63, 3.8) is 0 Å². The lowest BCUT2D eigenvalue weighted by Crippen LogP contribution is -1.96. The fourth-order valence-electron chi connectivity index (χ4n) is 1.18. The average Bonchev–Trinajstić information content (AvgIpc) is 2.75. The predicted molar refractivity (Wildman–Crippen MR) is 54.2 cm³/mol. The van der Waals surface area contributed by atoms with Crippen molar-refractivity contribution in [2.75, 3.05) is 0 Å². The van der Waals surface area contributed by atoms with E-state index >= 15 is 0 Å². The molecule has 0 amide bonds. The van der Waals surface area contributed by atoms with Crippen LogP contribution in [0.5, 0.6) is 5.75 Å². The summed E-state index contributed by atoms with van der Waals surface area (Å²) >= 11 is 0. The minimum Gasteiger partial charge on any atom is -0.484 e. The van der Waals surface area contributed by atoms with Gasteiger partial charge in [-0.05, 0) is 12.1 Å². The Bertz CT molecular complexity index is 538. The van der Waals surface area contributed by atoms with Crippen molar-refractivity contribution in [3.8, 4) is 5.75 Å². The van der Waals surface area contributed by atoms with Crippen molar-refractivity contribution in [2.45, 2.75) is 6.61 Å². The molecule has 1 N–H and O–H groups in total. The van der Waals surface area contributed by atoms with Crippen LogP contribution < -0.4 is 4.74 Å². The fourth-order valence-corrected chi connectivity index (χ4v) is 1.18. The van der Waals surface area contributed by atoms with E-state index in [0.717, 1.165) is 6.20 Å². The third-order valence-electron chi connectivity index (χ3n) is 1.92. The normalized spacial score (nSPS) is 10.2. The Labute approximate surface area is 95.5 Å². The first-order chi connectivity index (χ1) is 8.15. The summed E-state index contributed by atoms with van der Waals surface area (Å²) in [4.78, 5) is 14.2. The van der Waals surface area contributed by atoms with Crippen LogP contribution in [-0.4, -0.2) is 16.1 Å². The van der Waals surface area contributed by atoms with Gasteiger partial charge in [-0.2, -0.15) is 0 Å². The van der Waals surface area contributed by atoms with Gasteiger partial charge in [0.1, 0.15) is 11.6 Å². The summed E-state index contributed by atoms with van der Waals surface area (Å²) in [5, 5.41) is 8.60. The maximum Gasteiger partial charge on any atom is 0.373 e. The molecule has 0 atom stereocenters. The van der Waals surface area contributed by atoms with E-state index in [-0.39, 0.29) is 18.3 Å². The molecular weight excluding hydrogens is 229 g/mol. The van der Waals surface area contributed by atoms with Crippen molar-refractivity contribution in [3.05, 3.63) is 47.9 Å². The van der Waals surface area contributed by atoms with E-state index in [2.05, 4.69) is 4.98 Å². The number of aromatic nitrogens is 1. The number of nitrogens with zero attached hydrogens (tertiary/aromatic N) is 1. The van der Waals surface area contributed by atoms with Crippen LogP contribution in [0.15, 0.2) is 34.9 Å². The maximum atomic E-state index is 12.8. The number of carboxylic acids is 1. The Balaban J connectivity index is 2.00. The minimum absolute atomic E-state index is 0.0588. The van der Waals surface area contributed by atoms with Crippen LogP contribution in [-0.2, 0) is 6.61 Å². The number of ether oxygens (including phenoxy) is 1. The largest absolute Gasteiger partial charge is 0.484 e. The second-order valence-corrected chi connectivity index (χ2v) is 3.17. The van der Waals surface area contributed by atoms with E-state index in [9.17, 15) is 9.18 Å². The fraction of sp³-hybridized carbons (Fsp3) is 0.0909. The smallest absolute Gasteiger partial charge is 0.373 e. The van der Waals surface area contributed by atoms with Crippen molar-refractivity contribution < 1.29 is 23.4 Å². The summed E-state index contributed by atoms with van der Waals surface area (Å²) in [5.74, 6) is -1.44. The van der Waals surface area contributed by atoms with Crippen LogP contribution in [0.1, 0.15) is 16.4 Å². The lowest BCUT2D eigenvalue weighted by atomic mass is 10.3. The first-order valence-electron chi connectivity index (χ1n) is 4.71. The van der Waals surface area contributed by atoms with Crippen molar-refractivity contribution in [1.82, 2.24) is 4.98 Å². The van der Waals surface area contributed by atoms with E-state index in [4.69, 9.17) is 14.3 Å². The SMILES string of the molecule is O=C(O)c1cnc(COc2cccc(F)c2)o1. The Morgan fingerprint density at radius 2 is 2.35 bits per heavy atom. The van der Waals surface area contributed by atoms with E-state index in [1.807, 2.05) is 0 Å². The molecule has 0 bridgehead atoms. The van der Waals surface area contributed by atoms with Crippen molar-refractivity contribution >= 4 is 5.97 Å². The van der Waals surface area contributed by atoms with Crippen LogP contribution >= 0.6 is 0 Å². The zero-order valence-electron chi connectivity index (χ0n) is 8.59. The van der Waals surface area contributed by atoms with Crippen molar-refractivity contribution in [2.24, 2.45) is 0 Å². The van der Waals surface area contributed by atoms with Gasteiger partial charge in [-0.1, -0.05) is 6.07 Å². The summed E-state index contributed by atoms with van der Waals surface area (Å²) in [6, 6.07) is 5.58. The molecule has 0 spiro atoms. The van der Waals surface area contributed by atoms with Gasteiger partial charge >= 0.3 is 5.97 Å². The van der Waals surface area contributed by atoms with E-state index < -0.39 is 11.8 Å². The molecule has 2 rings (SSSR count). The quantitative estimate of drug-likeness (QED) is 0.881. The number of hydrogen-bond donors (Lipinski definition) is 1. The molecule has 6 heteroatoms. The highest BCUT2D eigenvalue weighted by Crippen LogP contribution is 2.14. The molecule has 0 unspecified atom stereocenters. The second-order valence-electron chi connectivity index (χ2n) is 3.17. The molecule has 17 heavy (non-hydrogen) atoms. The summed E-state index contributed by atoms with van der Waals surface area (Å²) in [6.07, 6.45) is 1.09. The van der Waals surface area contributed by atoms with Gasteiger partial charge in [-0.25, -0.2) is 14.2 Å². The van der Waals surface area contributed by atoms with Crippen LogP contribution in [0.25, 0.3) is 0 Å². The third kappa shape index (κ3) is 2.81. The molecule has 0 radical (unpaired) electrons. The molecule has 1 heterocycles. The van der Waals surface area contributed by atoms with Crippen LogP contribution in [0.4, 0.5) is 4.39 Å². The van der Waals surface area contributed by atoms with Crippen LogP contribution in [0, 0.1) is 5.82 Å². The molecule has 88 valence electrons. The van der Waals surface area contributed by atoms with E-state index in [0.29, 0.717) is 5.75 Å². The molecule has 5 nitrogen and oxygen atoms in total. The van der Waals surface area contributed by atoms with Gasteiger partial charge in [0, 0.05) is 6.07 Å². The zero-order chi connectivity index (χ0) is 12.3. The van der Waals surface area contributed by atoms with Crippen LogP contribution in [0.3, 0.4) is 0 Å². The topological polar surface area (TPSA) is 72.6 Å². The summed E-state index contributed by atoms with van der Waals surface area (Å²) < 4.78 is 22.9. The Kier molecular flexibility index (Phi) is 3.04. The number of benzene rings is 1. The standard InChI is InChI=1S/C11H8FNO4/c12-7-2-1-3-8(4-7)16-6-10-13-5-9(17-10)11(14)15/h1-5H,6H2,(H,14,15). The van der Waals surface area contributed by atoms with Gasteiger partial charge in [-0.3, -0.25) is 0 Å². The molecule has 0 saturated heterocycles. The lowest BCUT2D eigenvalue weighted by Gasteiger charge is -2.02. The predicted octanol–water partition coefficient (Wildman–Crippen LogP) is 2.09. The molecule has 0 fully saturated rings. The zero-order valence-corrected chi connectivity index (χ0v) is 8.59. The van der Waals surface area contributed by atoms with Crippen LogP contribution in [0.2, 0.25) is 0 Å². The van der Waals surface area contributed by atoms with Gasteiger partial charge in [0.25, 0.3) is 0 Å². The van der Waals surface area contributed by atoms with Crippen molar-refractivity contribution in [1.29, 1.82) is 0 Å². The number of hydrogen-bond acceptors (Lipinski definition) is 4. The number of oxazole rings is 1. The monoisotopic (exact) mass is 237 g/mol. The molecule has 0 aliphatic heterocycles. The van der Waals surface area contributed by atoms with E-state index in [1.165, 1.54) is 18.2 Å². The van der Waals surface area contributed by atoms with Gasteiger partial charge in [0.2, 0.25) is 11.7 Å². The Morgan fingerprint density at radius 3 is 3.00 bits per heavy atom. The number of rotatable bonds is 4. The third-order valence-corrected chi connectivity index (χ3v) is 1.92. The van der Waals surface area contributed by atoms with Gasteiger partial charge in [0.05, 0.1) is 6.20 Å². The second kappa shape index (κ2) is 4.65. The van der Waals surface area contributed by atoms with E-state index in [1.54, 1.807) is 6.07 Å². The molecule has 1 aromatic carbocycles. The van der Waals surface area contributed by atoms with Gasteiger partial charge in [0.15, 0.2) is 6.61 Å². The highest BCUT2D eigenvalue weighted by molar-refractivity contribution is 5.83. The molecule has 0 aliphatic carbocycles. The molecular formula is C11H8FNO4. The first kappa shape index (κ1) is 11.1. The number of carboxylic acid groups (broad SMARTS) is 1. The average molecular weight is 237 g/mol. The Hall–Kier alpha value is -2.37. The number of aromatic carboxylic acids is 1. The highest BCUT2D eigenvalue weighted by atomic mass is 19.1. The lowest BCUT2D eigenvalue weighted by molar-refractivity contribution is 0.0658. The Morgan fingerprint density at radius 1 is 1.53 bits per heavy atom.